The number of aromatic carboxylic acids is 1. The second-order valence-corrected chi connectivity index (χ2v) is 5.02. The summed E-state index contributed by atoms with van der Waals surface area (Å²) in [5.74, 6) is -2.28. The summed E-state index contributed by atoms with van der Waals surface area (Å²) in [7, 11) is 0. The first kappa shape index (κ1) is 16.4. The van der Waals surface area contributed by atoms with Crippen LogP contribution in [0.25, 0.3) is 10.9 Å². The molecule has 0 saturated carbocycles. The molecule has 0 aliphatic heterocycles. The minimum absolute atomic E-state index is 0.0781. The number of pyridine rings is 1. The van der Waals surface area contributed by atoms with E-state index in [1.807, 2.05) is 0 Å². The smallest absolute Gasteiger partial charge is 0.433 e. The Morgan fingerprint density at radius 3 is 2.64 bits per heavy atom. The minimum atomic E-state index is -4.70. The molecule has 0 atom stereocenters. The van der Waals surface area contributed by atoms with Crippen molar-refractivity contribution in [1.29, 1.82) is 0 Å². The van der Waals surface area contributed by atoms with E-state index >= 15 is 0 Å². The molecule has 1 amide bonds. The predicted octanol–water partition coefficient (Wildman–Crippen LogP) is 2.93. The largest absolute Gasteiger partial charge is 0.478 e. The standard InChI is InChI=1S/C15H9F3N4O3/c16-15(17,18)12-3-1-2-9(20-12)13(23)21-11-4-7-6-19-22-10(7)5-8(11)14(24)25/h1-6H,(H,19,22)(H,21,23)(H,24,25). The van der Waals surface area contributed by atoms with Crippen molar-refractivity contribution in [2.45, 2.75) is 6.18 Å². The summed E-state index contributed by atoms with van der Waals surface area (Å²) in [5, 5.41) is 18.4. The van der Waals surface area contributed by atoms with Gasteiger partial charge in [0, 0.05) is 5.39 Å². The number of rotatable bonds is 3. The van der Waals surface area contributed by atoms with Crippen LogP contribution in [0.1, 0.15) is 26.5 Å². The maximum absolute atomic E-state index is 12.7. The number of aromatic amines is 1. The molecule has 3 rings (SSSR count). The third-order valence-corrected chi connectivity index (χ3v) is 3.33. The molecule has 3 aromatic rings. The number of nitrogens with zero attached hydrogens (tertiary/aromatic N) is 2. The molecule has 0 spiro atoms. The second-order valence-electron chi connectivity index (χ2n) is 5.02. The van der Waals surface area contributed by atoms with E-state index in [0.29, 0.717) is 10.9 Å². The summed E-state index contributed by atoms with van der Waals surface area (Å²) >= 11 is 0. The zero-order valence-electron chi connectivity index (χ0n) is 12.3. The first-order valence-electron chi connectivity index (χ1n) is 6.82. The predicted molar refractivity (Wildman–Crippen MR) is 80.2 cm³/mol. The van der Waals surface area contributed by atoms with Crippen molar-refractivity contribution in [1.82, 2.24) is 15.2 Å². The maximum atomic E-state index is 12.7. The molecule has 2 aromatic heterocycles. The molecule has 0 aliphatic rings. The number of carbonyl (C=O) groups is 2. The van der Waals surface area contributed by atoms with Gasteiger partial charge in [-0.3, -0.25) is 9.89 Å². The Labute approximate surface area is 137 Å². The van der Waals surface area contributed by atoms with Gasteiger partial charge in [-0.15, -0.1) is 0 Å². The van der Waals surface area contributed by atoms with Crippen LogP contribution in [-0.2, 0) is 6.18 Å². The van der Waals surface area contributed by atoms with Gasteiger partial charge in [0.05, 0.1) is 23.0 Å². The molecule has 0 fully saturated rings. The lowest BCUT2D eigenvalue weighted by molar-refractivity contribution is -0.141. The zero-order chi connectivity index (χ0) is 18.2. The number of benzene rings is 1. The van der Waals surface area contributed by atoms with Gasteiger partial charge in [0.2, 0.25) is 0 Å². The molecule has 7 nitrogen and oxygen atoms in total. The van der Waals surface area contributed by atoms with Crippen LogP contribution < -0.4 is 5.32 Å². The number of anilines is 1. The van der Waals surface area contributed by atoms with Gasteiger partial charge < -0.3 is 10.4 Å². The highest BCUT2D eigenvalue weighted by atomic mass is 19.4. The Morgan fingerprint density at radius 2 is 1.96 bits per heavy atom. The summed E-state index contributed by atoms with van der Waals surface area (Å²) in [4.78, 5) is 26.8. The molecule has 1 aromatic carbocycles. The maximum Gasteiger partial charge on any atom is 0.433 e. The molecule has 3 N–H and O–H groups in total. The van der Waals surface area contributed by atoms with Gasteiger partial charge in [-0.25, -0.2) is 9.78 Å². The number of carbonyl (C=O) groups excluding carboxylic acids is 1. The van der Waals surface area contributed by atoms with E-state index in [0.717, 1.165) is 18.2 Å². The Kier molecular flexibility index (Phi) is 3.87. The minimum Gasteiger partial charge on any atom is -0.478 e. The third-order valence-electron chi connectivity index (χ3n) is 3.33. The topological polar surface area (TPSA) is 108 Å². The van der Waals surface area contributed by atoms with Crippen molar-refractivity contribution < 1.29 is 27.9 Å². The monoisotopic (exact) mass is 350 g/mol. The average Bonchev–Trinajstić information content (AvgIpc) is 3.00. The number of fused-ring (bicyclic) bond motifs is 1. The number of hydrogen-bond acceptors (Lipinski definition) is 4. The lowest BCUT2D eigenvalue weighted by Gasteiger charge is -2.10. The van der Waals surface area contributed by atoms with Crippen LogP contribution in [0.2, 0.25) is 0 Å². The summed E-state index contributed by atoms with van der Waals surface area (Å²) in [6, 6.07) is 5.49. The van der Waals surface area contributed by atoms with E-state index in [1.54, 1.807) is 0 Å². The quantitative estimate of drug-likeness (QED) is 0.673. The van der Waals surface area contributed by atoms with E-state index in [2.05, 4.69) is 20.5 Å². The number of H-pyrrole nitrogens is 1. The van der Waals surface area contributed by atoms with Gasteiger partial charge in [0.25, 0.3) is 5.91 Å². The van der Waals surface area contributed by atoms with E-state index in [4.69, 9.17) is 0 Å². The van der Waals surface area contributed by atoms with Gasteiger partial charge in [-0.1, -0.05) is 6.07 Å². The van der Waals surface area contributed by atoms with E-state index in [9.17, 15) is 27.9 Å². The second kappa shape index (κ2) is 5.89. The average molecular weight is 350 g/mol. The first-order chi connectivity index (χ1) is 11.8. The Morgan fingerprint density at radius 1 is 1.20 bits per heavy atom. The van der Waals surface area contributed by atoms with Gasteiger partial charge in [0.15, 0.2) is 0 Å². The molecule has 0 bridgehead atoms. The van der Waals surface area contributed by atoms with E-state index in [-0.39, 0.29) is 11.3 Å². The van der Waals surface area contributed by atoms with Crippen LogP contribution in [0.5, 0.6) is 0 Å². The number of alkyl halides is 3. The summed E-state index contributed by atoms with van der Waals surface area (Å²) in [5.41, 5.74) is -1.59. The molecule has 0 saturated heterocycles. The molecule has 0 aliphatic carbocycles. The number of carboxylic acids is 1. The van der Waals surface area contributed by atoms with Crippen LogP contribution in [-0.4, -0.2) is 32.2 Å². The van der Waals surface area contributed by atoms with E-state index < -0.39 is 29.4 Å². The van der Waals surface area contributed by atoms with Gasteiger partial charge in [0.1, 0.15) is 11.4 Å². The number of halogens is 3. The van der Waals surface area contributed by atoms with Crippen molar-refractivity contribution in [3.63, 3.8) is 0 Å². The summed E-state index contributed by atoms with van der Waals surface area (Å²) < 4.78 is 38.1. The number of hydrogen-bond donors (Lipinski definition) is 3. The molecule has 2 heterocycles. The molecule has 128 valence electrons. The normalized spacial score (nSPS) is 11.5. The molecular weight excluding hydrogens is 341 g/mol. The van der Waals surface area contributed by atoms with Crippen molar-refractivity contribution >= 4 is 28.5 Å². The molecule has 0 radical (unpaired) electrons. The Balaban J connectivity index is 1.97. The molecule has 0 unspecified atom stereocenters. The zero-order valence-corrected chi connectivity index (χ0v) is 12.3. The number of aromatic nitrogens is 3. The SMILES string of the molecule is O=C(Nc1cc2cn[nH]c2cc1C(=O)O)c1cccc(C(F)(F)F)n1. The molecular formula is C15H9F3N4O3. The van der Waals surface area contributed by atoms with Gasteiger partial charge in [-0.05, 0) is 24.3 Å². The van der Waals surface area contributed by atoms with Crippen LogP contribution >= 0.6 is 0 Å². The molecule has 10 heteroatoms. The van der Waals surface area contributed by atoms with E-state index in [1.165, 1.54) is 18.3 Å². The van der Waals surface area contributed by atoms with Crippen LogP contribution in [0, 0.1) is 0 Å². The first-order valence-corrected chi connectivity index (χ1v) is 6.82. The highest BCUT2D eigenvalue weighted by Gasteiger charge is 2.33. The number of carboxylic acid groups (broad SMARTS) is 1. The summed E-state index contributed by atoms with van der Waals surface area (Å²) in [6.07, 6.45) is -3.28. The van der Waals surface area contributed by atoms with Gasteiger partial charge in [-0.2, -0.15) is 18.3 Å². The fourth-order valence-electron chi connectivity index (χ4n) is 2.18. The lowest BCUT2D eigenvalue weighted by atomic mass is 10.1. The fourth-order valence-corrected chi connectivity index (χ4v) is 2.18. The van der Waals surface area contributed by atoms with Gasteiger partial charge >= 0.3 is 12.1 Å². The summed E-state index contributed by atoms with van der Waals surface area (Å²) in [6.45, 7) is 0. The van der Waals surface area contributed by atoms with Crippen molar-refractivity contribution in [3.8, 4) is 0 Å². The van der Waals surface area contributed by atoms with Crippen molar-refractivity contribution in [3.05, 3.63) is 53.5 Å². The lowest BCUT2D eigenvalue weighted by Crippen LogP contribution is -2.18. The van der Waals surface area contributed by atoms with Crippen LogP contribution in [0.3, 0.4) is 0 Å². The Hall–Kier alpha value is -3.43. The third kappa shape index (κ3) is 3.27. The van der Waals surface area contributed by atoms with Crippen molar-refractivity contribution in [2.24, 2.45) is 0 Å². The fraction of sp³-hybridized carbons (Fsp3) is 0.0667. The number of nitrogens with one attached hydrogen (secondary N) is 2. The molecule has 25 heavy (non-hydrogen) atoms. The number of amides is 1. The Bertz CT molecular complexity index is 982. The highest BCUT2D eigenvalue weighted by Crippen LogP contribution is 2.28. The van der Waals surface area contributed by atoms with Crippen LogP contribution in [0.4, 0.5) is 18.9 Å². The van der Waals surface area contributed by atoms with Crippen LogP contribution in [0.15, 0.2) is 36.5 Å². The highest BCUT2D eigenvalue weighted by molar-refractivity contribution is 6.08. The van der Waals surface area contributed by atoms with Crippen molar-refractivity contribution in [2.75, 3.05) is 5.32 Å².